The molecule has 0 radical (unpaired) electrons. The topological polar surface area (TPSA) is 59.1 Å². The Morgan fingerprint density at radius 3 is 2.42 bits per heavy atom. The molecule has 6 nitrogen and oxygen atoms in total. The highest BCUT2D eigenvalue weighted by atomic mass is 32.1. The summed E-state index contributed by atoms with van der Waals surface area (Å²) in [6.45, 7) is 3.00. The van der Waals surface area contributed by atoms with E-state index in [4.69, 9.17) is 9.47 Å². The van der Waals surface area contributed by atoms with Gasteiger partial charge in [0, 0.05) is 29.6 Å². The summed E-state index contributed by atoms with van der Waals surface area (Å²) in [5.41, 5.74) is 2.33. The van der Waals surface area contributed by atoms with Crippen molar-refractivity contribution in [3.63, 3.8) is 0 Å². The second-order valence-corrected chi connectivity index (χ2v) is 9.77. The average molecular weight is 511 g/mol. The van der Waals surface area contributed by atoms with Crippen molar-refractivity contribution in [3.8, 4) is 11.5 Å². The van der Waals surface area contributed by atoms with Crippen LogP contribution in [0.25, 0.3) is 0 Å². The molecule has 1 aromatic heterocycles. The molecule has 0 aliphatic carbocycles. The number of hydrogen-bond donors (Lipinski definition) is 0. The zero-order chi connectivity index (χ0) is 25.7. The van der Waals surface area contributed by atoms with Gasteiger partial charge < -0.3 is 19.3 Å². The van der Waals surface area contributed by atoms with Crippen LogP contribution in [0.4, 0.5) is 4.39 Å². The largest absolute Gasteiger partial charge is 0.497 e. The van der Waals surface area contributed by atoms with Gasteiger partial charge in [0.05, 0.1) is 20.3 Å². The third-order valence-corrected chi connectivity index (χ3v) is 7.46. The molecule has 190 valence electrons. The number of rotatable bonds is 9. The van der Waals surface area contributed by atoms with Crippen molar-refractivity contribution in [2.24, 2.45) is 0 Å². The molecule has 1 atom stereocenters. The Kier molecular flexibility index (Phi) is 8.25. The summed E-state index contributed by atoms with van der Waals surface area (Å²) >= 11 is 1.67. The Morgan fingerprint density at radius 2 is 1.78 bits per heavy atom. The van der Waals surface area contributed by atoms with Gasteiger partial charge in [-0.2, -0.15) is 0 Å². The Labute approximate surface area is 215 Å². The highest BCUT2D eigenvalue weighted by Gasteiger charge is 2.34. The van der Waals surface area contributed by atoms with Crippen LogP contribution in [0.15, 0.2) is 53.9 Å². The number of hydrogen-bond acceptors (Lipinski definition) is 5. The first-order valence-electron chi connectivity index (χ1n) is 12.1. The van der Waals surface area contributed by atoms with Gasteiger partial charge >= 0.3 is 0 Å². The van der Waals surface area contributed by atoms with E-state index in [-0.39, 0.29) is 30.2 Å². The lowest BCUT2D eigenvalue weighted by Crippen LogP contribution is -2.47. The molecule has 8 heteroatoms. The summed E-state index contributed by atoms with van der Waals surface area (Å²) in [4.78, 5) is 32.0. The van der Waals surface area contributed by atoms with Crippen LogP contribution in [0, 0.1) is 5.82 Å². The van der Waals surface area contributed by atoms with Gasteiger partial charge in [0.25, 0.3) is 5.91 Å². The summed E-state index contributed by atoms with van der Waals surface area (Å²) in [5.74, 6) is 0.317. The van der Waals surface area contributed by atoms with E-state index >= 15 is 0 Å². The van der Waals surface area contributed by atoms with Crippen molar-refractivity contribution in [1.82, 2.24) is 9.80 Å². The summed E-state index contributed by atoms with van der Waals surface area (Å²) in [7, 11) is 3.07. The van der Waals surface area contributed by atoms with Crippen molar-refractivity contribution >= 4 is 23.2 Å². The Morgan fingerprint density at radius 1 is 1.08 bits per heavy atom. The first kappa shape index (κ1) is 25.7. The summed E-state index contributed by atoms with van der Waals surface area (Å²) in [6, 6.07) is 13.1. The fraction of sp³-hybridized carbons (Fsp3) is 0.357. The number of carbonyl (C=O) groups excluding carboxylic acids is 2. The van der Waals surface area contributed by atoms with E-state index < -0.39 is 0 Å². The van der Waals surface area contributed by atoms with Crippen LogP contribution >= 0.6 is 11.3 Å². The first-order chi connectivity index (χ1) is 17.4. The summed E-state index contributed by atoms with van der Waals surface area (Å²) in [6.07, 6.45) is 2.42. The third-order valence-electron chi connectivity index (χ3n) is 6.47. The zero-order valence-electron chi connectivity index (χ0n) is 20.8. The number of benzene rings is 2. The Bertz CT molecular complexity index is 1190. The normalized spacial score (nSPS) is 14.8. The zero-order valence-corrected chi connectivity index (χ0v) is 21.6. The molecular formula is C28H31FN2O4S. The lowest BCUT2D eigenvalue weighted by atomic mass is 9.93. The van der Waals surface area contributed by atoms with Gasteiger partial charge in [0.2, 0.25) is 5.91 Å². The molecule has 36 heavy (non-hydrogen) atoms. The molecule has 1 aliphatic heterocycles. The fourth-order valence-electron chi connectivity index (χ4n) is 4.56. The van der Waals surface area contributed by atoms with Gasteiger partial charge in [-0.05, 0) is 59.7 Å². The SMILES string of the molecule is CCCCN(CC(=O)N1CCc2sccc2C1c1ccc(F)cc1)C(=O)c1cc(OC)cc(OC)c1. The average Bonchev–Trinajstić information content (AvgIpc) is 3.39. The van der Waals surface area contributed by atoms with E-state index in [0.717, 1.165) is 30.4 Å². The van der Waals surface area contributed by atoms with Crippen molar-refractivity contribution in [1.29, 1.82) is 0 Å². The van der Waals surface area contributed by atoms with Crippen molar-refractivity contribution in [2.75, 3.05) is 33.9 Å². The second-order valence-electron chi connectivity index (χ2n) is 8.77. The minimum absolute atomic E-state index is 0.0461. The molecule has 2 heterocycles. The highest BCUT2D eigenvalue weighted by Crippen LogP contribution is 2.38. The van der Waals surface area contributed by atoms with Gasteiger partial charge in [-0.3, -0.25) is 9.59 Å². The highest BCUT2D eigenvalue weighted by molar-refractivity contribution is 7.10. The number of unbranched alkanes of at least 4 members (excludes halogenated alkanes) is 1. The van der Waals surface area contributed by atoms with Crippen molar-refractivity contribution < 1.29 is 23.5 Å². The van der Waals surface area contributed by atoms with Gasteiger partial charge in [-0.1, -0.05) is 25.5 Å². The number of thiophene rings is 1. The van der Waals surface area contributed by atoms with Gasteiger partial charge in [-0.25, -0.2) is 4.39 Å². The predicted molar refractivity (Wildman–Crippen MR) is 138 cm³/mol. The molecule has 4 rings (SSSR count). The smallest absolute Gasteiger partial charge is 0.254 e. The molecule has 2 amide bonds. The second kappa shape index (κ2) is 11.6. The first-order valence-corrected chi connectivity index (χ1v) is 13.0. The van der Waals surface area contributed by atoms with E-state index in [0.29, 0.717) is 30.2 Å². The number of methoxy groups -OCH3 is 2. The molecule has 1 aliphatic rings. The minimum Gasteiger partial charge on any atom is -0.497 e. The molecule has 1 unspecified atom stereocenters. The number of nitrogens with zero attached hydrogens (tertiary/aromatic N) is 2. The molecule has 0 bridgehead atoms. The Balaban J connectivity index is 1.62. The van der Waals surface area contributed by atoms with E-state index in [1.165, 1.54) is 31.2 Å². The number of fused-ring (bicyclic) bond motifs is 1. The number of carbonyl (C=O) groups is 2. The third kappa shape index (κ3) is 5.54. The van der Waals surface area contributed by atoms with Crippen LogP contribution in [0.2, 0.25) is 0 Å². The van der Waals surface area contributed by atoms with Crippen molar-refractivity contribution in [3.05, 3.63) is 81.3 Å². The van der Waals surface area contributed by atoms with Crippen LogP contribution in [-0.4, -0.2) is 55.5 Å². The van der Waals surface area contributed by atoms with Crippen LogP contribution in [0.5, 0.6) is 11.5 Å². The fourth-order valence-corrected chi connectivity index (χ4v) is 5.46. The maximum atomic E-state index is 13.7. The molecule has 3 aromatic rings. The van der Waals surface area contributed by atoms with Gasteiger partial charge in [-0.15, -0.1) is 11.3 Å². The van der Waals surface area contributed by atoms with E-state index in [9.17, 15) is 14.0 Å². The molecule has 0 saturated carbocycles. The van der Waals surface area contributed by atoms with Gasteiger partial charge in [0.15, 0.2) is 0 Å². The molecular weight excluding hydrogens is 479 g/mol. The Hall–Kier alpha value is -3.39. The maximum Gasteiger partial charge on any atom is 0.254 e. The van der Waals surface area contributed by atoms with Crippen LogP contribution in [0.3, 0.4) is 0 Å². The summed E-state index contributed by atoms with van der Waals surface area (Å²) < 4.78 is 24.3. The van der Waals surface area contributed by atoms with Crippen molar-refractivity contribution in [2.45, 2.75) is 32.2 Å². The van der Waals surface area contributed by atoms with Gasteiger partial charge in [0.1, 0.15) is 23.9 Å². The lowest BCUT2D eigenvalue weighted by molar-refractivity contribution is -0.134. The van der Waals surface area contributed by atoms with Crippen LogP contribution < -0.4 is 9.47 Å². The minimum atomic E-state index is -0.317. The monoisotopic (exact) mass is 510 g/mol. The van der Waals surface area contributed by atoms with E-state index in [2.05, 4.69) is 0 Å². The van der Waals surface area contributed by atoms with Crippen LogP contribution in [-0.2, 0) is 11.2 Å². The lowest BCUT2D eigenvalue weighted by Gasteiger charge is -2.37. The van der Waals surface area contributed by atoms with E-state index in [1.54, 1.807) is 46.6 Å². The predicted octanol–water partition coefficient (Wildman–Crippen LogP) is 5.32. The number of ether oxygens (including phenoxy) is 2. The molecule has 2 aromatic carbocycles. The summed E-state index contributed by atoms with van der Waals surface area (Å²) in [5, 5.41) is 2.03. The number of halogens is 1. The molecule has 0 saturated heterocycles. The quantitative estimate of drug-likeness (QED) is 0.391. The maximum absolute atomic E-state index is 13.7. The molecule has 0 spiro atoms. The van der Waals surface area contributed by atoms with E-state index in [1.807, 2.05) is 23.3 Å². The standard InChI is InChI=1S/C28H31FN2O4S/c1-4-5-12-30(28(33)20-15-22(34-2)17-23(16-20)35-3)18-26(32)31-13-10-25-24(11-14-36-25)27(31)19-6-8-21(29)9-7-19/h6-9,11,14-17,27H,4-5,10,12-13,18H2,1-3H3. The van der Waals surface area contributed by atoms with Crippen LogP contribution in [0.1, 0.15) is 52.2 Å². The number of amides is 2. The molecule has 0 N–H and O–H groups in total. The molecule has 0 fully saturated rings.